The average Bonchev–Trinajstić information content (AvgIpc) is 3.08. The van der Waals surface area contributed by atoms with E-state index in [1.54, 1.807) is 0 Å². The predicted molar refractivity (Wildman–Crippen MR) is 101 cm³/mol. The molecular formula is C18H32O16. The van der Waals surface area contributed by atoms with Crippen molar-refractivity contribution >= 4 is 0 Å². The van der Waals surface area contributed by atoms with E-state index in [0.717, 1.165) is 0 Å². The van der Waals surface area contributed by atoms with E-state index in [-0.39, 0.29) is 0 Å². The first-order chi connectivity index (χ1) is 16.0. The zero-order valence-electron chi connectivity index (χ0n) is 17.8. The molecule has 11 N–H and O–H groups in total. The summed E-state index contributed by atoms with van der Waals surface area (Å²) in [6, 6.07) is 0. The molecule has 0 aromatic carbocycles. The van der Waals surface area contributed by atoms with E-state index in [2.05, 4.69) is 0 Å². The Morgan fingerprint density at radius 3 is 1.74 bits per heavy atom. The maximum absolute atomic E-state index is 10.3. The van der Waals surface area contributed by atoms with Crippen molar-refractivity contribution in [2.75, 3.05) is 26.4 Å². The Morgan fingerprint density at radius 1 is 0.647 bits per heavy atom. The minimum atomic E-state index is -2.47. The van der Waals surface area contributed by atoms with Gasteiger partial charge in [0.2, 0.25) is 5.79 Å². The highest BCUT2D eigenvalue weighted by atomic mass is 16.8. The van der Waals surface area contributed by atoms with Crippen LogP contribution in [0.1, 0.15) is 0 Å². The number of hydrogen-bond donors (Lipinski definition) is 11. The fraction of sp³-hybridized carbons (Fsp3) is 1.00. The van der Waals surface area contributed by atoms with Crippen molar-refractivity contribution in [1.29, 1.82) is 0 Å². The second-order valence-corrected chi connectivity index (χ2v) is 8.43. The predicted octanol–water partition coefficient (Wildman–Crippen LogP) is -7.57. The standard InChI is InChI=1S/C18H32O16/c19-1-5-8(22)10(24)12(26)16(31-5)30-3-7-9(23)11(25)13(27)17(32-7)33-14-6(2-20)34-18(29,4-21)15(14)28/h5-17,19-29H,1-4H2/t5-,6-,7-,8+,9-,10+,11+,12-,13-,14-,15+,16+,17-,18-/m1/s1. The lowest BCUT2D eigenvalue weighted by molar-refractivity contribution is -0.339. The van der Waals surface area contributed by atoms with Crippen LogP contribution < -0.4 is 0 Å². The molecule has 0 spiro atoms. The van der Waals surface area contributed by atoms with Crippen molar-refractivity contribution < 1.29 is 79.9 Å². The molecule has 16 heteroatoms. The van der Waals surface area contributed by atoms with E-state index in [1.807, 2.05) is 0 Å². The van der Waals surface area contributed by atoms with Gasteiger partial charge >= 0.3 is 0 Å². The maximum Gasteiger partial charge on any atom is 0.219 e. The van der Waals surface area contributed by atoms with Crippen molar-refractivity contribution in [3.63, 3.8) is 0 Å². The first kappa shape index (κ1) is 27.9. The van der Waals surface area contributed by atoms with Gasteiger partial charge < -0.3 is 79.9 Å². The van der Waals surface area contributed by atoms with Crippen LogP contribution in [0.3, 0.4) is 0 Å². The number of ether oxygens (including phenoxy) is 5. The number of rotatable bonds is 8. The molecule has 14 atom stereocenters. The van der Waals surface area contributed by atoms with Gasteiger partial charge in [-0.3, -0.25) is 0 Å². The average molecular weight is 504 g/mol. The van der Waals surface area contributed by atoms with Crippen molar-refractivity contribution in [1.82, 2.24) is 0 Å². The van der Waals surface area contributed by atoms with Crippen LogP contribution in [0.5, 0.6) is 0 Å². The molecule has 3 fully saturated rings. The molecule has 3 saturated heterocycles. The highest BCUT2D eigenvalue weighted by molar-refractivity contribution is 4.98. The van der Waals surface area contributed by atoms with Gasteiger partial charge in [-0.25, -0.2) is 0 Å². The highest BCUT2D eigenvalue weighted by Crippen LogP contribution is 2.34. The van der Waals surface area contributed by atoms with Crippen molar-refractivity contribution in [2.45, 2.75) is 85.5 Å². The van der Waals surface area contributed by atoms with Crippen LogP contribution >= 0.6 is 0 Å². The molecule has 0 unspecified atom stereocenters. The lowest BCUT2D eigenvalue weighted by atomic mass is 9.98. The summed E-state index contributed by atoms with van der Waals surface area (Å²) in [6.45, 7) is -3.12. The Kier molecular flexibility index (Phi) is 9.18. The topological polar surface area (TPSA) is 269 Å². The molecular weight excluding hydrogens is 472 g/mol. The van der Waals surface area contributed by atoms with Crippen LogP contribution in [0, 0.1) is 0 Å². The second kappa shape index (κ2) is 11.2. The molecule has 0 radical (unpaired) electrons. The van der Waals surface area contributed by atoms with Gasteiger partial charge in [-0.2, -0.15) is 0 Å². The molecule has 0 aliphatic carbocycles. The van der Waals surface area contributed by atoms with Crippen LogP contribution in [0.4, 0.5) is 0 Å². The van der Waals surface area contributed by atoms with Gasteiger partial charge in [0.25, 0.3) is 0 Å². The molecule has 0 saturated carbocycles. The smallest absolute Gasteiger partial charge is 0.219 e. The third-order valence-corrected chi connectivity index (χ3v) is 6.13. The van der Waals surface area contributed by atoms with E-state index in [9.17, 15) is 56.2 Å². The van der Waals surface area contributed by atoms with Crippen LogP contribution in [0.25, 0.3) is 0 Å². The lowest BCUT2D eigenvalue weighted by Gasteiger charge is -2.43. The van der Waals surface area contributed by atoms with Crippen LogP contribution in [0.15, 0.2) is 0 Å². The fourth-order valence-electron chi connectivity index (χ4n) is 4.01. The van der Waals surface area contributed by atoms with Gasteiger partial charge in [0.15, 0.2) is 12.6 Å². The van der Waals surface area contributed by atoms with E-state index >= 15 is 0 Å². The van der Waals surface area contributed by atoms with E-state index < -0.39 is 112 Å². The van der Waals surface area contributed by atoms with Crippen LogP contribution in [-0.4, -0.2) is 168 Å². The fourth-order valence-corrected chi connectivity index (χ4v) is 4.01. The maximum atomic E-state index is 10.3. The third-order valence-electron chi connectivity index (χ3n) is 6.13. The number of aliphatic hydroxyl groups is 11. The Labute approximate surface area is 192 Å². The summed E-state index contributed by atoms with van der Waals surface area (Å²) < 4.78 is 26.3. The van der Waals surface area contributed by atoms with Gasteiger partial charge in [0, 0.05) is 0 Å². The molecule has 34 heavy (non-hydrogen) atoms. The first-order valence-electron chi connectivity index (χ1n) is 10.6. The molecule has 3 rings (SSSR count). The highest BCUT2D eigenvalue weighted by Gasteiger charge is 2.56. The number of hydrogen-bond acceptors (Lipinski definition) is 16. The van der Waals surface area contributed by atoms with Crippen LogP contribution in [-0.2, 0) is 23.7 Å². The molecule has 0 aromatic rings. The van der Waals surface area contributed by atoms with Gasteiger partial charge in [0.1, 0.15) is 67.1 Å². The first-order valence-corrected chi connectivity index (χ1v) is 10.6. The Bertz CT molecular complexity index is 653. The van der Waals surface area contributed by atoms with Gasteiger partial charge in [-0.15, -0.1) is 0 Å². The van der Waals surface area contributed by atoms with E-state index in [1.165, 1.54) is 0 Å². The monoisotopic (exact) mass is 504 g/mol. The lowest BCUT2D eigenvalue weighted by Crippen LogP contribution is -2.62. The van der Waals surface area contributed by atoms with E-state index in [4.69, 9.17) is 23.7 Å². The molecule has 3 aliphatic heterocycles. The quantitative estimate of drug-likeness (QED) is 0.146. The molecule has 3 heterocycles. The molecule has 16 nitrogen and oxygen atoms in total. The minimum absolute atomic E-state index is 0.610. The van der Waals surface area contributed by atoms with E-state index in [0.29, 0.717) is 0 Å². The molecule has 200 valence electrons. The summed E-state index contributed by atoms with van der Waals surface area (Å²) >= 11 is 0. The van der Waals surface area contributed by atoms with Crippen molar-refractivity contribution in [2.24, 2.45) is 0 Å². The summed E-state index contributed by atoms with van der Waals surface area (Å²) in [7, 11) is 0. The molecule has 0 bridgehead atoms. The molecule has 3 aliphatic rings. The zero-order valence-corrected chi connectivity index (χ0v) is 17.8. The minimum Gasteiger partial charge on any atom is -0.394 e. The zero-order chi connectivity index (χ0) is 25.4. The van der Waals surface area contributed by atoms with Crippen molar-refractivity contribution in [3.05, 3.63) is 0 Å². The Hall–Kier alpha value is -0.640. The van der Waals surface area contributed by atoms with Gasteiger partial charge in [-0.05, 0) is 0 Å². The normalized spacial score (nSPS) is 52.1. The summed E-state index contributed by atoms with van der Waals surface area (Å²) in [6.07, 6.45) is -21.3. The Morgan fingerprint density at radius 2 is 1.18 bits per heavy atom. The van der Waals surface area contributed by atoms with Gasteiger partial charge in [0.05, 0.1) is 26.4 Å². The third kappa shape index (κ3) is 5.23. The summed E-state index contributed by atoms with van der Waals surface area (Å²) in [4.78, 5) is 0. The number of aliphatic hydroxyl groups excluding tert-OH is 10. The van der Waals surface area contributed by atoms with Crippen LogP contribution in [0.2, 0.25) is 0 Å². The summed E-state index contributed by atoms with van der Waals surface area (Å²) in [5.41, 5.74) is 0. The van der Waals surface area contributed by atoms with Gasteiger partial charge in [-0.1, -0.05) is 0 Å². The Balaban J connectivity index is 1.67. The van der Waals surface area contributed by atoms with Crippen molar-refractivity contribution in [3.8, 4) is 0 Å². The largest absolute Gasteiger partial charge is 0.394 e. The molecule has 0 aromatic heterocycles. The second-order valence-electron chi connectivity index (χ2n) is 8.43. The summed E-state index contributed by atoms with van der Waals surface area (Å²) in [5.74, 6) is -2.47. The SMILES string of the molecule is OC[C@H]1O[C@H](OC[C@H]2O[C@H](O[C@@H]3[C@@H](CO)O[C@](O)(CO)[C@H]3O)[C@H](O)[C@@H](O)[C@@H]2O)[C@H](O)[C@@H](O)[C@H]1O. The summed E-state index contributed by atoms with van der Waals surface area (Å²) in [5, 5.41) is 109. The molecule has 0 amide bonds.